The number of benzene rings is 1. The number of carbonyl (C=O) groups excluding carboxylic acids is 2. The lowest BCUT2D eigenvalue weighted by molar-refractivity contribution is -0.122. The summed E-state index contributed by atoms with van der Waals surface area (Å²) in [6.07, 6.45) is 0.372. The first-order chi connectivity index (χ1) is 8.60. The van der Waals surface area contributed by atoms with Crippen molar-refractivity contribution in [3.8, 4) is 0 Å². The largest absolute Gasteiger partial charge is 0.324 e. The molecule has 0 aromatic heterocycles. The summed E-state index contributed by atoms with van der Waals surface area (Å²) in [4.78, 5) is 23.5. The van der Waals surface area contributed by atoms with Crippen molar-refractivity contribution in [2.24, 2.45) is 11.6 Å². The number of rotatable bonds is 3. The van der Waals surface area contributed by atoms with Gasteiger partial charge in [-0.3, -0.25) is 15.0 Å². The molecule has 1 atom stereocenters. The molecule has 0 radical (unpaired) electrons. The molecule has 6 N–H and O–H groups in total. The Labute approximate surface area is 108 Å². The van der Waals surface area contributed by atoms with E-state index in [2.05, 4.69) is 5.32 Å². The molecule has 7 heteroatoms. The van der Waals surface area contributed by atoms with Gasteiger partial charge in [-0.1, -0.05) is 6.07 Å². The van der Waals surface area contributed by atoms with E-state index in [9.17, 15) is 9.59 Å². The van der Waals surface area contributed by atoms with Crippen LogP contribution in [0.1, 0.15) is 5.56 Å². The molecule has 1 aliphatic rings. The fraction of sp³-hybridized carbons (Fsp3) is 0.273. The molecule has 6 nitrogen and oxygen atoms in total. The number of nitrogens with one attached hydrogen (secondary N) is 2. The molecule has 0 saturated carbocycles. The zero-order valence-corrected chi connectivity index (χ0v) is 10.4. The average Bonchev–Trinajstić information content (AvgIpc) is 2.37. The standard InChI is InChI=1S/C11H14N4O2S/c12-7(11(17)15-13)3-6-1-2-9-8(4-6)14-10(16)5-18-9/h1-2,4,7H,3,5,12-13H2,(H,14,16)(H,15,17). The van der Waals surface area contributed by atoms with Crippen LogP contribution in [0.3, 0.4) is 0 Å². The maximum absolute atomic E-state index is 11.3. The molecule has 1 heterocycles. The molecule has 1 aromatic carbocycles. The molecule has 1 aliphatic heterocycles. The van der Waals surface area contributed by atoms with Gasteiger partial charge in [-0.15, -0.1) is 11.8 Å². The van der Waals surface area contributed by atoms with Crippen molar-refractivity contribution in [1.29, 1.82) is 0 Å². The summed E-state index contributed by atoms with van der Waals surface area (Å²) in [5.74, 6) is 5.02. The van der Waals surface area contributed by atoms with Gasteiger partial charge in [0, 0.05) is 4.90 Å². The molecule has 0 bridgehead atoms. The van der Waals surface area contributed by atoms with E-state index in [1.807, 2.05) is 23.6 Å². The van der Waals surface area contributed by atoms with Gasteiger partial charge in [0.15, 0.2) is 0 Å². The first kappa shape index (κ1) is 12.9. The van der Waals surface area contributed by atoms with Crippen molar-refractivity contribution in [3.05, 3.63) is 23.8 Å². The van der Waals surface area contributed by atoms with Gasteiger partial charge >= 0.3 is 0 Å². The Bertz CT molecular complexity index is 492. The van der Waals surface area contributed by atoms with Crippen LogP contribution in [0, 0.1) is 0 Å². The number of hydrogen-bond donors (Lipinski definition) is 4. The molecule has 0 saturated heterocycles. The number of carbonyl (C=O) groups is 2. The van der Waals surface area contributed by atoms with Crippen molar-refractivity contribution < 1.29 is 9.59 Å². The van der Waals surface area contributed by atoms with E-state index in [4.69, 9.17) is 11.6 Å². The minimum atomic E-state index is -0.694. The fourth-order valence-corrected chi connectivity index (χ4v) is 2.50. The Hall–Kier alpha value is -1.57. The second-order valence-corrected chi connectivity index (χ2v) is 5.00. The van der Waals surface area contributed by atoms with Gasteiger partial charge in [-0.25, -0.2) is 5.84 Å². The molecular weight excluding hydrogens is 252 g/mol. The van der Waals surface area contributed by atoms with Crippen molar-refractivity contribution in [2.75, 3.05) is 11.1 Å². The molecule has 96 valence electrons. The Balaban J connectivity index is 2.13. The lowest BCUT2D eigenvalue weighted by Gasteiger charge is -2.18. The Morgan fingerprint density at radius 3 is 3.06 bits per heavy atom. The Kier molecular flexibility index (Phi) is 3.85. The van der Waals surface area contributed by atoms with Crippen LogP contribution in [-0.4, -0.2) is 23.6 Å². The normalized spacial score (nSPS) is 15.6. The lowest BCUT2D eigenvalue weighted by atomic mass is 10.1. The molecule has 2 rings (SSSR count). The number of amides is 2. The third-order valence-corrected chi connectivity index (χ3v) is 3.69. The van der Waals surface area contributed by atoms with Gasteiger partial charge in [-0.2, -0.15) is 0 Å². The molecule has 1 unspecified atom stereocenters. The van der Waals surface area contributed by atoms with E-state index >= 15 is 0 Å². The Morgan fingerprint density at radius 2 is 2.33 bits per heavy atom. The SMILES string of the molecule is NNC(=O)C(N)Cc1ccc2c(c1)NC(=O)CS2. The van der Waals surface area contributed by atoms with Gasteiger partial charge in [0.2, 0.25) is 5.91 Å². The topological polar surface area (TPSA) is 110 Å². The van der Waals surface area contributed by atoms with Crippen LogP contribution in [0.4, 0.5) is 5.69 Å². The minimum Gasteiger partial charge on any atom is -0.324 e. The van der Waals surface area contributed by atoms with Crippen molar-refractivity contribution in [3.63, 3.8) is 0 Å². The van der Waals surface area contributed by atoms with Crippen LogP contribution in [0.5, 0.6) is 0 Å². The van der Waals surface area contributed by atoms with E-state index in [-0.39, 0.29) is 5.91 Å². The van der Waals surface area contributed by atoms with E-state index in [1.165, 1.54) is 11.8 Å². The van der Waals surface area contributed by atoms with Gasteiger partial charge in [0.1, 0.15) is 0 Å². The summed E-state index contributed by atoms with van der Waals surface area (Å²) in [5, 5.41) is 2.79. The van der Waals surface area contributed by atoms with Crippen molar-refractivity contribution in [1.82, 2.24) is 5.43 Å². The van der Waals surface area contributed by atoms with Crippen molar-refractivity contribution in [2.45, 2.75) is 17.4 Å². The molecule has 0 aliphatic carbocycles. The number of hydrogen-bond acceptors (Lipinski definition) is 5. The number of nitrogens with two attached hydrogens (primary N) is 2. The van der Waals surface area contributed by atoms with Crippen LogP contribution < -0.4 is 22.3 Å². The number of fused-ring (bicyclic) bond motifs is 1. The maximum atomic E-state index is 11.3. The van der Waals surface area contributed by atoms with Gasteiger partial charge in [0.05, 0.1) is 17.5 Å². The quantitative estimate of drug-likeness (QED) is 0.338. The minimum absolute atomic E-state index is 0.0198. The summed E-state index contributed by atoms with van der Waals surface area (Å²) in [7, 11) is 0. The Morgan fingerprint density at radius 1 is 1.56 bits per heavy atom. The van der Waals surface area contributed by atoms with E-state index in [1.54, 1.807) is 0 Å². The predicted molar refractivity (Wildman–Crippen MR) is 69.8 cm³/mol. The highest BCUT2D eigenvalue weighted by molar-refractivity contribution is 8.00. The van der Waals surface area contributed by atoms with Gasteiger partial charge in [-0.05, 0) is 24.1 Å². The molecular formula is C11H14N4O2S. The van der Waals surface area contributed by atoms with Gasteiger partial charge < -0.3 is 11.1 Å². The van der Waals surface area contributed by atoms with E-state index in [0.29, 0.717) is 12.2 Å². The van der Waals surface area contributed by atoms with Crippen LogP contribution in [0.15, 0.2) is 23.1 Å². The van der Waals surface area contributed by atoms with Crippen molar-refractivity contribution >= 4 is 29.3 Å². The highest BCUT2D eigenvalue weighted by Crippen LogP contribution is 2.32. The highest BCUT2D eigenvalue weighted by atomic mass is 32.2. The smallest absolute Gasteiger partial charge is 0.251 e. The average molecular weight is 266 g/mol. The van der Waals surface area contributed by atoms with Gasteiger partial charge in [0.25, 0.3) is 5.91 Å². The maximum Gasteiger partial charge on any atom is 0.251 e. The summed E-state index contributed by atoms with van der Waals surface area (Å²) in [6.45, 7) is 0. The highest BCUT2D eigenvalue weighted by Gasteiger charge is 2.17. The third kappa shape index (κ3) is 2.81. The second kappa shape index (κ2) is 5.38. The molecule has 18 heavy (non-hydrogen) atoms. The monoisotopic (exact) mass is 266 g/mol. The summed E-state index contributed by atoms with van der Waals surface area (Å²) >= 11 is 1.49. The fourth-order valence-electron chi connectivity index (χ4n) is 1.71. The van der Waals surface area contributed by atoms with E-state index < -0.39 is 11.9 Å². The molecule has 1 aromatic rings. The first-order valence-corrected chi connectivity index (χ1v) is 6.40. The predicted octanol–water partition coefficient (Wildman–Crippen LogP) is -0.409. The van der Waals surface area contributed by atoms with E-state index in [0.717, 1.165) is 16.1 Å². The summed E-state index contributed by atoms with van der Waals surface area (Å²) in [5.41, 5.74) is 9.35. The zero-order chi connectivity index (χ0) is 13.1. The van der Waals surface area contributed by atoms with Crippen LogP contribution in [-0.2, 0) is 16.0 Å². The number of hydrazine groups is 1. The zero-order valence-electron chi connectivity index (χ0n) is 9.60. The van der Waals surface area contributed by atoms with Crippen LogP contribution >= 0.6 is 11.8 Å². The van der Waals surface area contributed by atoms with Crippen LogP contribution in [0.2, 0.25) is 0 Å². The lowest BCUT2D eigenvalue weighted by Crippen LogP contribution is -2.45. The summed E-state index contributed by atoms with van der Waals surface area (Å²) < 4.78 is 0. The second-order valence-electron chi connectivity index (χ2n) is 3.99. The number of anilines is 1. The first-order valence-electron chi connectivity index (χ1n) is 5.42. The summed E-state index contributed by atoms with van der Waals surface area (Å²) in [6, 6.07) is 4.96. The third-order valence-electron chi connectivity index (χ3n) is 2.61. The number of thioether (sulfide) groups is 1. The molecule has 2 amide bonds. The van der Waals surface area contributed by atoms with Crippen LogP contribution in [0.25, 0.3) is 0 Å². The molecule has 0 fully saturated rings. The molecule has 0 spiro atoms.